The molecule has 3 aromatic heterocycles. The van der Waals surface area contributed by atoms with Gasteiger partial charge in [0.2, 0.25) is 0 Å². The Morgan fingerprint density at radius 2 is 1.89 bits per heavy atom. The van der Waals surface area contributed by atoms with Crippen LogP contribution in [0.15, 0.2) is 17.5 Å². The number of nitrogens with two attached hydrogens (primary N) is 1. The molecule has 0 saturated heterocycles. The molecule has 2 aliphatic rings. The van der Waals surface area contributed by atoms with E-state index in [1.54, 1.807) is 11.3 Å². The number of pyridine rings is 1. The van der Waals surface area contributed by atoms with E-state index in [0.717, 1.165) is 60.9 Å². The standard InChI is InChI=1S/C22H24N2O2S2/c23-18-17-14-9-4-5-10-15(14)19(16-11-6-12-27-16)24-21(17)28-20(18)22(25)26-13-7-2-1-3-8-13/h6,11-13H,1-5,7-10,23H2. The smallest absolute Gasteiger partial charge is 0.350 e. The predicted molar refractivity (Wildman–Crippen MR) is 116 cm³/mol. The third kappa shape index (κ3) is 3.12. The van der Waals surface area contributed by atoms with Crippen LogP contribution in [0.2, 0.25) is 0 Å². The highest BCUT2D eigenvalue weighted by Crippen LogP contribution is 2.43. The number of thiophene rings is 2. The molecule has 28 heavy (non-hydrogen) atoms. The first-order valence-corrected chi connectivity index (χ1v) is 11.9. The van der Waals surface area contributed by atoms with Crippen molar-refractivity contribution < 1.29 is 9.53 Å². The molecule has 2 N–H and O–H groups in total. The van der Waals surface area contributed by atoms with Crippen molar-refractivity contribution >= 4 is 44.5 Å². The second-order valence-electron chi connectivity index (χ2n) is 7.79. The summed E-state index contributed by atoms with van der Waals surface area (Å²) in [5.41, 5.74) is 10.8. The predicted octanol–water partition coefficient (Wildman–Crippen LogP) is 5.98. The van der Waals surface area contributed by atoms with E-state index in [9.17, 15) is 4.79 Å². The lowest BCUT2D eigenvalue weighted by atomic mass is 9.88. The van der Waals surface area contributed by atoms with Gasteiger partial charge in [-0.1, -0.05) is 12.5 Å². The summed E-state index contributed by atoms with van der Waals surface area (Å²) < 4.78 is 5.80. The summed E-state index contributed by atoms with van der Waals surface area (Å²) in [6, 6.07) is 4.19. The van der Waals surface area contributed by atoms with Crippen LogP contribution >= 0.6 is 22.7 Å². The van der Waals surface area contributed by atoms with Crippen molar-refractivity contribution in [2.75, 3.05) is 5.73 Å². The topological polar surface area (TPSA) is 65.2 Å². The van der Waals surface area contributed by atoms with Gasteiger partial charge >= 0.3 is 5.97 Å². The van der Waals surface area contributed by atoms with Crippen molar-refractivity contribution in [1.82, 2.24) is 4.98 Å². The molecule has 1 fully saturated rings. The zero-order valence-corrected chi connectivity index (χ0v) is 17.5. The fourth-order valence-corrected chi connectivity index (χ4v) is 6.32. The summed E-state index contributed by atoms with van der Waals surface area (Å²) in [5, 5.41) is 3.09. The summed E-state index contributed by atoms with van der Waals surface area (Å²) in [6.45, 7) is 0. The number of aryl methyl sites for hydroxylation is 1. The summed E-state index contributed by atoms with van der Waals surface area (Å²) in [5.74, 6) is -0.269. The van der Waals surface area contributed by atoms with Crippen molar-refractivity contribution in [3.05, 3.63) is 33.5 Å². The van der Waals surface area contributed by atoms with Gasteiger partial charge < -0.3 is 10.5 Å². The first-order chi connectivity index (χ1) is 13.7. The average Bonchev–Trinajstić information content (AvgIpc) is 3.36. The van der Waals surface area contributed by atoms with E-state index in [2.05, 4.69) is 17.5 Å². The van der Waals surface area contributed by atoms with Crippen LogP contribution in [0.4, 0.5) is 5.69 Å². The molecule has 0 aromatic carbocycles. The Hall–Kier alpha value is -1.92. The number of nitrogens with zero attached hydrogens (tertiary/aromatic N) is 1. The first kappa shape index (κ1) is 18.1. The van der Waals surface area contributed by atoms with Crippen LogP contribution in [-0.4, -0.2) is 17.1 Å². The first-order valence-electron chi connectivity index (χ1n) is 10.2. The third-order valence-corrected chi connectivity index (χ3v) is 7.92. The van der Waals surface area contributed by atoms with Gasteiger partial charge in [0.1, 0.15) is 15.8 Å². The highest BCUT2D eigenvalue weighted by atomic mass is 32.1. The highest BCUT2D eigenvalue weighted by molar-refractivity contribution is 7.21. The zero-order valence-electron chi connectivity index (χ0n) is 15.8. The van der Waals surface area contributed by atoms with E-state index in [1.165, 1.54) is 40.2 Å². The van der Waals surface area contributed by atoms with E-state index >= 15 is 0 Å². The second-order valence-corrected chi connectivity index (χ2v) is 9.74. The van der Waals surface area contributed by atoms with Crippen LogP contribution in [0.1, 0.15) is 65.7 Å². The molecule has 3 aromatic rings. The number of ether oxygens (including phenoxy) is 1. The van der Waals surface area contributed by atoms with Gasteiger partial charge in [-0.2, -0.15) is 0 Å². The average molecular weight is 413 g/mol. The Kier molecular flexibility index (Phi) is 4.85. The normalized spacial score (nSPS) is 17.6. The number of esters is 1. The molecular formula is C22H24N2O2S2. The molecule has 5 rings (SSSR count). The fourth-order valence-electron chi connectivity index (χ4n) is 4.57. The van der Waals surface area contributed by atoms with Gasteiger partial charge in [0, 0.05) is 5.39 Å². The number of hydrogen-bond donors (Lipinski definition) is 1. The largest absolute Gasteiger partial charge is 0.458 e. The Labute approximate surface area is 172 Å². The molecule has 4 nitrogen and oxygen atoms in total. The number of nitrogen functional groups attached to an aromatic ring is 1. The summed E-state index contributed by atoms with van der Waals surface area (Å²) in [6.07, 6.45) is 9.85. The Balaban J connectivity index is 1.59. The lowest BCUT2D eigenvalue weighted by Gasteiger charge is -2.21. The third-order valence-electron chi connectivity index (χ3n) is 5.96. The molecule has 146 valence electrons. The van der Waals surface area contributed by atoms with Crippen LogP contribution in [0, 0.1) is 0 Å². The van der Waals surface area contributed by atoms with E-state index in [4.69, 9.17) is 15.5 Å². The maximum absolute atomic E-state index is 12.9. The van der Waals surface area contributed by atoms with Crippen molar-refractivity contribution in [3.63, 3.8) is 0 Å². The number of anilines is 1. The van der Waals surface area contributed by atoms with E-state index in [-0.39, 0.29) is 12.1 Å². The minimum Gasteiger partial charge on any atom is -0.458 e. The van der Waals surface area contributed by atoms with Gasteiger partial charge in [-0.25, -0.2) is 9.78 Å². The van der Waals surface area contributed by atoms with Crippen LogP contribution in [0.3, 0.4) is 0 Å². The number of carbonyl (C=O) groups is 1. The quantitative estimate of drug-likeness (QED) is 0.538. The molecule has 0 amide bonds. The maximum atomic E-state index is 12.9. The molecule has 6 heteroatoms. The van der Waals surface area contributed by atoms with Crippen molar-refractivity contribution in [2.24, 2.45) is 0 Å². The van der Waals surface area contributed by atoms with Crippen molar-refractivity contribution in [3.8, 4) is 10.6 Å². The molecule has 0 radical (unpaired) electrons. The molecule has 0 atom stereocenters. The summed E-state index contributed by atoms with van der Waals surface area (Å²) >= 11 is 3.12. The lowest BCUT2D eigenvalue weighted by molar-refractivity contribution is 0.0218. The number of aromatic nitrogens is 1. The molecule has 1 saturated carbocycles. The summed E-state index contributed by atoms with van der Waals surface area (Å²) in [4.78, 5) is 20.4. The number of carbonyl (C=O) groups excluding carboxylic acids is 1. The van der Waals surface area contributed by atoms with E-state index in [1.807, 2.05) is 0 Å². The zero-order chi connectivity index (χ0) is 19.1. The Morgan fingerprint density at radius 3 is 2.64 bits per heavy atom. The van der Waals surface area contributed by atoms with Crippen LogP contribution in [-0.2, 0) is 17.6 Å². The van der Waals surface area contributed by atoms with Gasteiger partial charge in [-0.15, -0.1) is 22.7 Å². The molecule has 0 spiro atoms. The van der Waals surface area contributed by atoms with E-state index in [0.29, 0.717) is 10.6 Å². The minimum atomic E-state index is -0.269. The fraction of sp³-hybridized carbons (Fsp3) is 0.455. The number of rotatable bonds is 3. The second kappa shape index (κ2) is 7.48. The molecule has 0 bridgehead atoms. The Bertz CT molecular complexity index is 1020. The minimum absolute atomic E-state index is 0.0365. The van der Waals surface area contributed by atoms with Gasteiger partial charge in [-0.3, -0.25) is 0 Å². The van der Waals surface area contributed by atoms with Gasteiger partial charge in [0.25, 0.3) is 0 Å². The SMILES string of the molecule is Nc1c(C(=O)OC2CCCCC2)sc2nc(-c3cccs3)c3c(c12)CCCC3. The number of fused-ring (bicyclic) bond motifs is 3. The lowest BCUT2D eigenvalue weighted by Crippen LogP contribution is -2.20. The highest BCUT2D eigenvalue weighted by Gasteiger charge is 2.28. The molecule has 0 unspecified atom stereocenters. The van der Waals surface area contributed by atoms with Crippen molar-refractivity contribution in [2.45, 2.75) is 63.9 Å². The molecular weight excluding hydrogens is 388 g/mol. The summed E-state index contributed by atoms with van der Waals surface area (Å²) in [7, 11) is 0. The van der Waals surface area contributed by atoms with Crippen LogP contribution in [0.5, 0.6) is 0 Å². The monoisotopic (exact) mass is 412 g/mol. The van der Waals surface area contributed by atoms with Gasteiger partial charge in [0.15, 0.2) is 0 Å². The molecule has 3 heterocycles. The van der Waals surface area contributed by atoms with Gasteiger partial charge in [-0.05, 0) is 73.9 Å². The van der Waals surface area contributed by atoms with Gasteiger partial charge in [0.05, 0.1) is 16.3 Å². The Morgan fingerprint density at radius 1 is 1.11 bits per heavy atom. The maximum Gasteiger partial charge on any atom is 0.350 e. The van der Waals surface area contributed by atoms with Crippen LogP contribution < -0.4 is 5.73 Å². The molecule has 0 aliphatic heterocycles. The van der Waals surface area contributed by atoms with Crippen LogP contribution in [0.25, 0.3) is 20.8 Å². The molecule has 2 aliphatic carbocycles. The number of hydrogen-bond acceptors (Lipinski definition) is 6. The van der Waals surface area contributed by atoms with E-state index < -0.39 is 0 Å². The van der Waals surface area contributed by atoms with Crippen molar-refractivity contribution in [1.29, 1.82) is 0 Å².